The van der Waals surface area contributed by atoms with Crippen molar-refractivity contribution in [2.75, 3.05) is 7.05 Å². The molecule has 3 nitrogen and oxygen atoms in total. The van der Waals surface area contributed by atoms with Crippen LogP contribution in [0.1, 0.15) is 5.56 Å². The lowest BCUT2D eigenvalue weighted by atomic mass is 10.1. The molecule has 2 N–H and O–H groups in total. The maximum Gasteiger partial charge on any atom is 0.0792 e. The summed E-state index contributed by atoms with van der Waals surface area (Å²) in [5.41, 5.74) is 2.31. The minimum absolute atomic E-state index is 0.875. The molecular weight excluding hydrogens is 230 g/mol. The van der Waals surface area contributed by atoms with Gasteiger partial charge in [-0.3, -0.25) is 5.10 Å². The molecule has 0 aliphatic carbocycles. The molecule has 0 amide bonds. The van der Waals surface area contributed by atoms with Crippen molar-refractivity contribution in [3.05, 3.63) is 28.4 Å². The number of hydrogen-bond acceptors (Lipinski definition) is 2. The standard InChI is InChI=1S/C9H10BrN3/c1-11-4-6-2-7-5-12-13-9(7)8(10)3-6/h2-3,5,11H,4H2,1H3,(H,12,13). The normalized spacial score (nSPS) is 10.9. The van der Waals surface area contributed by atoms with Crippen LogP contribution in [0.4, 0.5) is 0 Å². The zero-order chi connectivity index (χ0) is 9.26. The first-order valence-electron chi connectivity index (χ1n) is 4.07. The van der Waals surface area contributed by atoms with Crippen LogP contribution < -0.4 is 5.32 Å². The highest BCUT2D eigenvalue weighted by molar-refractivity contribution is 9.10. The number of H-pyrrole nitrogens is 1. The van der Waals surface area contributed by atoms with Gasteiger partial charge in [0, 0.05) is 16.4 Å². The molecule has 0 unspecified atom stereocenters. The third-order valence-electron chi connectivity index (χ3n) is 1.94. The van der Waals surface area contributed by atoms with E-state index in [-0.39, 0.29) is 0 Å². The predicted octanol–water partition coefficient (Wildman–Crippen LogP) is 2.04. The summed E-state index contributed by atoms with van der Waals surface area (Å²) in [6.45, 7) is 0.875. The monoisotopic (exact) mass is 239 g/mol. The summed E-state index contributed by atoms with van der Waals surface area (Å²) >= 11 is 3.50. The Morgan fingerprint density at radius 2 is 2.38 bits per heavy atom. The van der Waals surface area contributed by atoms with Gasteiger partial charge in [-0.1, -0.05) is 0 Å². The number of aromatic amines is 1. The van der Waals surface area contributed by atoms with E-state index in [1.54, 1.807) is 0 Å². The van der Waals surface area contributed by atoms with Gasteiger partial charge >= 0.3 is 0 Å². The lowest BCUT2D eigenvalue weighted by Gasteiger charge is -2.01. The average Bonchev–Trinajstić information content (AvgIpc) is 2.53. The van der Waals surface area contributed by atoms with E-state index in [1.165, 1.54) is 5.56 Å². The van der Waals surface area contributed by atoms with Crippen LogP contribution in [-0.4, -0.2) is 17.2 Å². The molecule has 68 valence electrons. The molecule has 0 saturated heterocycles. The molecule has 0 spiro atoms. The van der Waals surface area contributed by atoms with Crippen molar-refractivity contribution in [3.8, 4) is 0 Å². The Labute approximate surface area is 84.7 Å². The molecule has 0 radical (unpaired) electrons. The van der Waals surface area contributed by atoms with E-state index >= 15 is 0 Å². The van der Waals surface area contributed by atoms with Gasteiger partial charge in [-0.05, 0) is 40.7 Å². The predicted molar refractivity (Wildman–Crippen MR) is 56.6 cm³/mol. The highest BCUT2D eigenvalue weighted by Crippen LogP contribution is 2.23. The lowest BCUT2D eigenvalue weighted by Crippen LogP contribution is -2.04. The Hall–Kier alpha value is -0.870. The maximum absolute atomic E-state index is 3.99. The van der Waals surface area contributed by atoms with Crippen LogP contribution in [0.5, 0.6) is 0 Å². The van der Waals surface area contributed by atoms with Crippen LogP contribution in [0.25, 0.3) is 10.9 Å². The molecule has 0 fully saturated rings. The van der Waals surface area contributed by atoms with Gasteiger partial charge in [0.15, 0.2) is 0 Å². The summed E-state index contributed by atoms with van der Waals surface area (Å²) < 4.78 is 1.06. The zero-order valence-electron chi connectivity index (χ0n) is 7.26. The number of fused-ring (bicyclic) bond motifs is 1. The highest BCUT2D eigenvalue weighted by Gasteiger charge is 2.02. The number of nitrogens with one attached hydrogen (secondary N) is 2. The minimum atomic E-state index is 0.875. The molecule has 0 aliphatic rings. The minimum Gasteiger partial charge on any atom is -0.316 e. The molecule has 1 heterocycles. The second-order valence-electron chi connectivity index (χ2n) is 2.94. The first-order chi connectivity index (χ1) is 6.31. The van der Waals surface area contributed by atoms with Crippen molar-refractivity contribution in [1.29, 1.82) is 0 Å². The Bertz CT molecular complexity index is 422. The Kier molecular flexibility index (Phi) is 2.33. The zero-order valence-corrected chi connectivity index (χ0v) is 8.85. The van der Waals surface area contributed by atoms with Gasteiger partial charge in [0.2, 0.25) is 0 Å². The summed E-state index contributed by atoms with van der Waals surface area (Å²) in [6, 6.07) is 4.22. The van der Waals surface area contributed by atoms with Gasteiger partial charge in [-0.2, -0.15) is 5.10 Å². The van der Waals surface area contributed by atoms with Gasteiger partial charge in [-0.25, -0.2) is 0 Å². The summed E-state index contributed by atoms with van der Waals surface area (Å²) in [4.78, 5) is 0. The van der Waals surface area contributed by atoms with Gasteiger partial charge in [0.25, 0.3) is 0 Å². The Morgan fingerprint density at radius 3 is 3.15 bits per heavy atom. The Balaban J connectivity index is 2.56. The average molecular weight is 240 g/mol. The second kappa shape index (κ2) is 3.47. The van der Waals surface area contributed by atoms with Crippen molar-refractivity contribution in [1.82, 2.24) is 15.5 Å². The highest BCUT2D eigenvalue weighted by atomic mass is 79.9. The largest absolute Gasteiger partial charge is 0.316 e. The first-order valence-corrected chi connectivity index (χ1v) is 4.86. The fourth-order valence-electron chi connectivity index (χ4n) is 1.38. The van der Waals surface area contributed by atoms with Crippen LogP contribution in [0.3, 0.4) is 0 Å². The molecule has 0 atom stereocenters. The van der Waals surface area contributed by atoms with Crippen molar-refractivity contribution in [2.24, 2.45) is 0 Å². The molecule has 0 aliphatic heterocycles. The Morgan fingerprint density at radius 1 is 1.54 bits per heavy atom. The molecule has 2 rings (SSSR count). The van der Waals surface area contributed by atoms with E-state index in [0.29, 0.717) is 0 Å². The SMILES string of the molecule is CNCc1cc(Br)c2[nH]ncc2c1. The second-order valence-corrected chi connectivity index (χ2v) is 3.80. The molecule has 0 saturated carbocycles. The molecule has 0 bridgehead atoms. The number of nitrogens with zero attached hydrogens (tertiary/aromatic N) is 1. The van der Waals surface area contributed by atoms with Gasteiger partial charge < -0.3 is 5.32 Å². The first kappa shape index (κ1) is 8.72. The third-order valence-corrected chi connectivity index (χ3v) is 2.57. The van der Waals surface area contributed by atoms with Gasteiger partial charge in [-0.15, -0.1) is 0 Å². The van der Waals surface area contributed by atoms with Crippen LogP contribution >= 0.6 is 15.9 Å². The quantitative estimate of drug-likeness (QED) is 0.843. The van der Waals surface area contributed by atoms with Crippen molar-refractivity contribution >= 4 is 26.8 Å². The number of hydrogen-bond donors (Lipinski definition) is 2. The van der Waals surface area contributed by atoms with E-state index in [1.807, 2.05) is 13.2 Å². The van der Waals surface area contributed by atoms with E-state index in [4.69, 9.17) is 0 Å². The van der Waals surface area contributed by atoms with E-state index < -0.39 is 0 Å². The number of aromatic nitrogens is 2. The van der Waals surface area contributed by atoms with Crippen molar-refractivity contribution < 1.29 is 0 Å². The van der Waals surface area contributed by atoms with Crippen LogP contribution in [0.2, 0.25) is 0 Å². The summed E-state index contributed by atoms with van der Waals surface area (Å²) in [6.07, 6.45) is 1.83. The topological polar surface area (TPSA) is 40.7 Å². The molecular formula is C9H10BrN3. The number of benzene rings is 1. The molecule has 2 aromatic rings. The van der Waals surface area contributed by atoms with Crippen molar-refractivity contribution in [2.45, 2.75) is 6.54 Å². The lowest BCUT2D eigenvalue weighted by molar-refractivity contribution is 0.818. The van der Waals surface area contributed by atoms with E-state index in [0.717, 1.165) is 21.9 Å². The molecule has 13 heavy (non-hydrogen) atoms. The van der Waals surface area contributed by atoms with Crippen LogP contribution in [-0.2, 0) is 6.54 Å². The number of rotatable bonds is 2. The van der Waals surface area contributed by atoms with Gasteiger partial charge in [0.1, 0.15) is 0 Å². The third kappa shape index (κ3) is 1.59. The molecule has 1 aromatic heterocycles. The molecule has 4 heteroatoms. The fourth-order valence-corrected chi connectivity index (χ4v) is 1.99. The van der Waals surface area contributed by atoms with E-state index in [2.05, 4.69) is 43.6 Å². The summed E-state index contributed by atoms with van der Waals surface area (Å²) in [5.74, 6) is 0. The fraction of sp³-hybridized carbons (Fsp3) is 0.222. The van der Waals surface area contributed by atoms with Crippen molar-refractivity contribution in [3.63, 3.8) is 0 Å². The van der Waals surface area contributed by atoms with Gasteiger partial charge in [0.05, 0.1) is 11.7 Å². The number of halogens is 1. The van der Waals surface area contributed by atoms with Crippen LogP contribution in [0.15, 0.2) is 22.8 Å². The summed E-state index contributed by atoms with van der Waals surface area (Å²) in [5, 5.41) is 11.2. The van der Waals surface area contributed by atoms with E-state index in [9.17, 15) is 0 Å². The maximum atomic E-state index is 3.99. The van der Waals surface area contributed by atoms with Crippen LogP contribution in [0, 0.1) is 0 Å². The smallest absolute Gasteiger partial charge is 0.0792 e. The summed E-state index contributed by atoms with van der Waals surface area (Å²) in [7, 11) is 1.94. The molecule has 1 aromatic carbocycles.